The molecule has 0 rings (SSSR count). The van der Waals surface area contributed by atoms with E-state index in [1.54, 1.807) is 12.2 Å². The maximum Gasteiger partial charge on any atom is 0.0575 e. The largest absolute Gasteiger partial charge is 0.302 e. The van der Waals surface area contributed by atoms with Crippen LogP contribution in [0.4, 0.5) is 0 Å². The van der Waals surface area contributed by atoms with Gasteiger partial charge in [-0.25, -0.2) is 0 Å². The average molecular weight is 121 g/mol. The Kier molecular flexibility index (Phi) is 3.53. The van der Waals surface area contributed by atoms with Crippen molar-refractivity contribution in [3.8, 4) is 0 Å². The number of hydrogen-bond acceptors (Lipinski definition) is 2. The molecule has 0 aliphatic carbocycles. The summed E-state index contributed by atoms with van der Waals surface area (Å²) in [5.74, 6) is 0.394. The Hall–Kier alpha value is 0.350. The molecule has 0 aliphatic rings. The molecule has 0 saturated heterocycles. The van der Waals surface area contributed by atoms with Gasteiger partial charge in [0, 0.05) is 12.8 Å². The highest BCUT2D eigenvalue weighted by molar-refractivity contribution is 7.17. The van der Waals surface area contributed by atoms with Crippen LogP contribution in [-0.4, -0.2) is 25.0 Å². The highest BCUT2D eigenvalue weighted by atomic mass is 31.0. The summed E-state index contributed by atoms with van der Waals surface area (Å²) in [6.07, 6.45) is 0. The predicted octanol–water partition coefficient (Wildman–Crippen LogP) is 0.701. The van der Waals surface area contributed by atoms with Crippen molar-refractivity contribution in [2.75, 3.05) is 14.2 Å². The first-order valence-electron chi connectivity index (χ1n) is 2.21. The van der Waals surface area contributed by atoms with E-state index in [-0.39, 0.29) is 0 Å². The van der Waals surface area contributed by atoms with Crippen molar-refractivity contribution >= 4 is 9.24 Å². The standard InChI is InChI=1S/C4H12NOP/c1-4(7)5(2)6-3/h4H,7H2,1-3H3. The quantitative estimate of drug-likeness (QED) is 0.394. The lowest BCUT2D eigenvalue weighted by Gasteiger charge is -2.16. The first-order valence-corrected chi connectivity index (χ1v) is 2.87. The van der Waals surface area contributed by atoms with Gasteiger partial charge in [-0.15, -0.1) is 9.24 Å². The van der Waals surface area contributed by atoms with Crippen LogP contribution < -0.4 is 0 Å². The third-order valence-corrected chi connectivity index (χ3v) is 1.28. The molecule has 0 spiro atoms. The molecule has 0 aliphatic heterocycles. The molecule has 2 unspecified atom stereocenters. The maximum absolute atomic E-state index is 4.82. The summed E-state index contributed by atoms with van der Waals surface area (Å²) >= 11 is 0. The van der Waals surface area contributed by atoms with E-state index in [1.807, 2.05) is 14.0 Å². The normalized spacial score (nSPS) is 15.0. The number of hydrogen-bond donors (Lipinski definition) is 0. The van der Waals surface area contributed by atoms with Gasteiger partial charge in [-0.2, -0.15) is 5.06 Å². The van der Waals surface area contributed by atoms with Crippen molar-refractivity contribution in [2.45, 2.75) is 12.7 Å². The Balaban J connectivity index is 3.14. The van der Waals surface area contributed by atoms with E-state index < -0.39 is 0 Å². The molecule has 2 atom stereocenters. The molecule has 0 N–H and O–H groups in total. The lowest BCUT2D eigenvalue weighted by molar-refractivity contribution is -0.114. The molecule has 0 aromatic heterocycles. The molecule has 3 heteroatoms. The van der Waals surface area contributed by atoms with E-state index in [1.165, 1.54) is 0 Å². The minimum absolute atomic E-state index is 0.394. The molecule has 7 heavy (non-hydrogen) atoms. The summed E-state index contributed by atoms with van der Waals surface area (Å²) in [7, 11) is 6.16. The van der Waals surface area contributed by atoms with Crippen LogP contribution in [-0.2, 0) is 4.84 Å². The van der Waals surface area contributed by atoms with Gasteiger partial charge >= 0.3 is 0 Å². The number of nitrogens with zero attached hydrogens (tertiary/aromatic N) is 1. The van der Waals surface area contributed by atoms with E-state index >= 15 is 0 Å². The van der Waals surface area contributed by atoms with Gasteiger partial charge in [0.25, 0.3) is 0 Å². The molecule has 0 saturated carbocycles. The van der Waals surface area contributed by atoms with Crippen LogP contribution in [0.15, 0.2) is 0 Å². The minimum atomic E-state index is 0.394. The smallest absolute Gasteiger partial charge is 0.0575 e. The Labute approximate surface area is 47.0 Å². The Morgan fingerprint density at radius 2 is 2.14 bits per heavy atom. The van der Waals surface area contributed by atoms with Crippen LogP contribution in [0.25, 0.3) is 0 Å². The SMILES string of the molecule is CON(C)C(C)P. The summed E-state index contributed by atoms with van der Waals surface area (Å²) in [4.78, 5) is 4.82. The average Bonchev–Trinajstić information content (AvgIpc) is 1.65. The minimum Gasteiger partial charge on any atom is -0.302 e. The zero-order valence-corrected chi connectivity index (χ0v) is 6.16. The highest BCUT2D eigenvalue weighted by Gasteiger charge is 1.97. The molecule has 0 aromatic rings. The van der Waals surface area contributed by atoms with Gasteiger partial charge in [-0.3, -0.25) is 0 Å². The van der Waals surface area contributed by atoms with Crippen LogP contribution >= 0.6 is 9.24 Å². The Morgan fingerprint density at radius 3 is 2.14 bits per heavy atom. The molecule has 2 nitrogen and oxygen atoms in total. The van der Waals surface area contributed by atoms with E-state index in [9.17, 15) is 0 Å². The van der Waals surface area contributed by atoms with Crippen molar-refractivity contribution in [1.82, 2.24) is 5.06 Å². The predicted molar refractivity (Wildman–Crippen MR) is 33.9 cm³/mol. The summed E-state index contributed by atoms with van der Waals surface area (Å²) in [6, 6.07) is 0. The molecule has 0 heterocycles. The van der Waals surface area contributed by atoms with Crippen LogP contribution in [0.3, 0.4) is 0 Å². The zero-order chi connectivity index (χ0) is 5.86. The first kappa shape index (κ1) is 7.35. The van der Waals surface area contributed by atoms with Crippen molar-refractivity contribution < 1.29 is 4.84 Å². The zero-order valence-electron chi connectivity index (χ0n) is 5.01. The number of rotatable bonds is 2. The fourth-order valence-electron chi connectivity index (χ4n) is 0.166. The summed E-state index contributed by atoms with van der Waals surface area (Å²) < 4.78 is 0. The fraction of sp³-hybridized carbons (Fsp3) is 1.00. The third-order valence-electron chi connectivity index (χ3n) is 0.862. The van der Waals surface area contributed by atoms with Crippen LogP contribution in [0, 0.1) is 0 Å². The van der Waals surface area contributed by atoms with E-state index in [0.717, 1.165) is 0 Å². The molecule has 0 bridgehead atoms. The lowest BCUT2D eigenvalue weighted by atomic mass is 10.7. The van der Waals surface area contributed by atoms with Crippen molar-refractivity contribution in [3.05, 3.63) is 0 Å². The van der Waals surface area contributed by atoms with Crippen molar-refractivity contribution in [2.24, 2.45) is 0 Å². The highest BCUT2D eigenvalue weighted by Crippen LogP contribution is 2.01. The molecule has 0 fully saturated rings. The third kappa shape index (κ3) is 2.98. The summed E-state index contributed by atoms with van der Waals surface area (Å²) in [5.41, 5.74) is 0. The molecular weight excluding hydrogens is 109 g/mol. The van der Waals surface area contributed by atoms with Gasteiger partial charge in [0.05, 0.1) is 7.11 Å². The van der Waals surface area contributed by atoms with Crippen LogP contribution in [0.1, 0.15) is 6.92 Å². The Morgan fingerprint density at radius 1 is 1.71 bits per heavy atom. The lowest BCUT2D eigenvalue weighted by Crippen LogP contribution is -2.21. The van der Waals surface area contributed by atoms with Crippen molar-refractivity contribution in [3.63, 3.8) is 0 Å². The second-order valence-corrected chi connectivity index (χ2v) is 2.43. The van der Waals surface area contributed by atoms with Gasteiger partial charge < -0.3 is 4.84 Å². The maximum atomic E-state index is 4.82. The van der Waals surface area contributed by atoms with Gasteiger partial charge in [-0.05, 0) is 6.92 Å². The van der Waals surface area contributed by atoms with Crippen LogP contribution in [0.5, 0.6) is 0 Å². The number of hydroxylamine groups is 2. The van der Waals surface area contributed by atoms with Gasteiger partial charge in [0.1, 0.15) is 0 Å². The topological polar surface area (TPSA) is 12.5 Å². The summed E-state index contributed by atoms with van der Waals surface area (Å²) in [5, 5.41) is 1.75. The summed E-state index contributed by atoms with van der Waals surface area (Å²) in [6.45, 7) is 2.04. The van der Waals surface area contributed by atoms with E-state index in [4.69, 9.17) is 4.84 Å². The van der Waals surface area contributed by atoms with Crippen molar-refractivity contribution in [1.29, 1.82) is 0 Å². The van der Waals surface area contributed by atoms with E-state index in [2.05, 4.69) is 9.24 Å². The van der Waals surface area contributed by atoms with Gasteiger partial charge in [0.15, 0.2) is 0 Å². The first-order chi connectivity index (χ1) is 3.18. The monoisotopic (exact) mass is 121 g/mol. The van der Waals surface area contributed by atoms with Gasteiger partial charge in [0.2, 0.25) is 0 Å². The van der Waals surface area contributed by atoms with E-state index in [0.29, 0.717) is 5.78 Å². The molecule has 44 valence electrons. The second-order valence-electron chi connectivity index (χ2n) is 1.47. The fourth-order valence-corrected chi connectivity index (χ4v) is 0.288. The second kappa shape index (κ2) is 3.36. The van der Waals surface area contributed by atoms with Gasteiger partial charge in [-0.1, -0.05) is 0 Å². The molecule has 0 radical (unpaired) electrons. The van der Waals surface area contributed by atoms with Crippen LogP contribution in [0.2, 0.25) is 0 Å². The molecule has 0 amide bonds. The molecular formula is C4H12NOP. The molecule has 0 aromatic carbocycles. The Bertz CT molecular complexity index is 49.0.